The van der Waals surface area contributed by atoms with Crippen molar-refractivity contribution in [3.63, 3.8) is 0 Å². The molecule has 0 fully saturated rings. The van der Waals surface area contributed by atoms with E-state index in [-0.39, 0.29) is 22.7 Å². The van der Waals surface area contributed by atoms with E-state index in [2.05, 4.69) is 147 Å². The highest BCUT2D eigenvalue weighted by atomic mass is 16.3. The van der Waals surface area contributed by atoms with Gasteiger partial charge in [0.25, 0.3) is 0 Å². The van der Waals surface area contributed by atoms with Gasteiger partial charge in [0.1, 0.15) is 0 Å². The van der Waals surface area contributed by atoms with Crippen molar-refractivity contribution < 1.29 is 9.90 Å². The van der Waals surface area contributed by atoms with E-state index in [1.165, 1.54) is 27.9 Å². The molecule has 0 bridgehead atoms. The van der Waals surface area contributed by atoms with Gasteiger partial charge in [0.15, 0.2) is 5.78 Å². The summed E-state index contributed by atoms with van der Waals surface area (Å²) in [6, 6.07) is 0. The van der Waals surface area contributed by atoms with Gasteiger partial charge in [-0.3, -0.25) is 4.79 Å². The quantitative estimate of drug-likeness (QED) is 0.267. The number of allylic oxidation sites excluding steroid dienone is 21. The largest absolute Gasteiger partial charge is 0.393 e. The van der Waals surface area contributed by atoms with Crippen molar-refractivity contribution in [1.82, 2.24) is 0 Å². The van der Waals surface area contributed by atoms with E-state index in [0.717, 1.165) is 36.0 Å². The lowest BCUT2D eigenvalue weighted by molar-refractivity contribution is -0.116. The third kappa shape index (κ3) is 11.2. The van der Waals surface area contributed by atoms with Gasteiger partial charge in [0.2, 0.25) is 0 Å². The Balaban J connectivity index is 1.92. The molecule has 226 valence electrons. The minimum atomic E-state index is -0.229. The highest BCUT2D eigenvalue weighted by molar-refractivity contribution is 5.97. The van der Waals surface area contributed by atoms with E-state index in [9.17, 15) is 9.90 Å². The van der Waals surface area contributed by atoms with Gasteiger partial charge in [-0.05, 0) is 88.4 Å². The van der Waals surface area contributed by atoms with Gasteiger partial charge in [-0.1, -0.05) is 141 Å². The van der Waals surface area contributed by atoms with Gasteiger partial charge < -0.3 is 5.11 Å². The molecule has 0 amide bonds. The molecule has 42 heavy (non-hydrogen) atoms. The lowest BCUT2D eigenvalue weighted by Crippen LogP contribution is -2.28. The zero-order valence-corrected chi connectivity index (χ0v) is 27.8. The fraction of sp³-hybridized carbons (Fsp3) is 0.425. The number of carbonyl (C=O) groups is 1. The van der Waals surface area contributed by atoms with Crippen molar-refractivity contribution >= 4 is 5.78 Å². The SMILES string of the molecule is CC(C=CC1=C(C)CC(O)CC1(C)C)=CC=CC(C)=C/C=C/C=C(C)/C=C/C=C(C)/C=C/C1=C(C)C(=O)CCC1(C)C. The molecule has 2 aliphatic rings. The molecule has 2 aliphatic carbocycles. The number of ketones is 1. The molecule has 0 heterocycles. The van der Waals surface area contributed by atoms with E-state index in [0.29, 0.717) is 6.42 Å². The monoisotopic (exact) mass is 566 g/mol. The lowest BCUT2D eigenvalue weighted by atomic mass is 9.71. The van der Waals surface area contributed by atoms with Crippen LogP contribution in [0.5, 0.6) is 0 Å². The Kier molecular flexibility index (Phi) is 13.2. The van der Waals surface area contributed by atoms with Crippen molar-refractivity contribution in [1.29, 1.82) is 0 Å². The molecular formula is C40H54O2. The van der Waals surface area contributed by atoms with Crippen LogP contribution in [0.3, 0.4) is 0 Å². The van der Waals surface area contributed by atoms with Crippen molar-refractivity contribution in [2.24, 2.45) is 10.8 Å². The average Bonchev–Trinajstić information content (AvgIpc) is 2.87. The Bertz CT molecular complexity index is 1330. The Morgan fingerprint density at radius 1 is 0.690 bits per heavy atom. The second-order valence-electron chi connectivity index (χ2n) is 13.4. The van der Waals surface area contributed by atoms with Crippen LogP contribution in [0.15, 0.2) is 130 Å². The molecule has 2 heteroatoms. The molecule has 1 unspecified atom stereocenters. The maximum absolute atomic E-state index is 12.2. The highest BCUT2D eigenvalue weighted by Crippen LogP contribution is 2.41. The summed E-state index contributed by atoms with van der Waals surface area (Å²) in [6.07, 6.45) is 32.5. The molecule has 1 N–H and O–H groups in total. The summed E-state index contributed by atoms with van der Waals surface area (Å²) in [7, 11) is 0. The number of carbonyl (C=O) groups excluding carboxylic acids is 1. The molecule has 0 aromatic heterocycles. The van der Waals surface area contributed by atoms with Crippen LogP contribution in [0, 0.1) is 10.8 Å². The maximum atomic E-state index is 12.2. The van der Waals surface area contributed by atoms with Crippen molar-refractivity contribution in [3.05, 3.63) is 130 Å². The molecule has 0 aliphatic heterocycles. The summed E-state index contributed by atoms with van der Waals surface area (Å²) in [5.41, 5.74) is 9.44. The van der Waals surface area contributed by atoms with Crippen molar-refractivity contribution in [2.45, 2.75) is 101 Å². The van der Waals surface area contributed by atoms with Crippen LogP contribution in [0.4, 0.5) is 0 Å². The first-order valence-corrected chi connectivity index (χ1v) is 15.3. The predicted molar refractivity (Wildman–Crippen MR) is 183 cm³/mol. The summed E-state index contributed by atoms with van der Waals surface area (Å²) in [4.78, 5) is 12.2. The fourth-order valence-corrected chi connectivity index (χ4v) is 5.71. The van der Waals surface area contributed by atoms with Gasteiger partial charge in [0.05, 0.1) is 6.10 Å². The standard InChI is InChI=1S/C40H54O2/c1-29(17-13-19-31(3)21-23-36-33(5)27-35(41)28-40(36,9)10)15-11-12-16-30(2)18-14-20-32(4)22-24-37-34(6)38(42)25-26-39(37,7)8/h11-24,35,41H,25-28H2,1-10H3/b12-11+,17-13?,18-14+,23-21?,24-22+,29-15?,30-16+,31-19?,32-20+. The Labute approximate surface area is 256 Å². The van der Waals surface area contributed by atoms with Crippen LogP contribution < -0.4 is 0 Å². The summed E-state index contributed by atoms with van der Waals surface area (Å²) in [5.74, 6) is 0.274. The van der Waals surface area contributed by atoms with Gasteiger partial charge in [-0.25, -0.2) is 0 Å². The van der Waals surface area contributed by atoms with E-state index in [1.54, 1.807) is 0 Å². The van der Waals surface area contributed by atoms with E-state index in [1.807, 2.05) is 6.92 Å². The Morgan fingerprint density at radius 3 is 1.64 bits per heavy atom. The lowest BCUT2D eigenvalue weighted by Gasteiger charge is -2.35. The number of rotatable bonds is 10. The molecule has 2 rings (SSSR count). The summed E-state index contributed by atoms with van der Waals surface area (Å²) in [5, 5.41) is 10.1. The van der Waals surface area contributed by atoms with Gasteiger partial charge in [-0.15, -0.1) is 0 Å². The Hall–Kier alpha value is -3.23. The van der Waals surface area contributed by atoms with E-state index < -0.39 is 0 Å². The maximum Gasteiger partial charge on any atom is 0.158 e. The molecule has 0 saturated carbocycles. The van der Waals surface area contributed by atoms with Gasteiger partial charge in [0, 0.05) is 6.42 Å². The second-order valence-corrected chi connectivity index (χ2v) is 13.4. The highest BCUT2D eigenvalue weighted by Gasteiger charge is 2.32. The van der Waals surface area contributed by atoms with Crippen molar-refractivity contribution in [3.8, 4) is 0 Å². The van der Waals surface area contributed by atoms with E-state index in [4.69, 9.17) is 0 Å². The summed E-state index contributed by atoms with van der Waals surface area (Å²) >= 11 is 0. The molecule has 0 aromatic rings. The molecule has 2 nitrogen and oxygen atoms in total. The number of Topliss-reactive ketones (excluding diaryl/α,β-unsaturated/α-hetero) is 1. The zero-order chi connectivity index (χ0) is 31.5. The zero-order valence-electron chi connectivity index (χ0n) is 27.8. The first kappa shape index (κ1) is 35.0. The smallest absolute Gasteiger partial charge is 0.158 e. The molecule has 1 atom stereocenters. The minimum absolute atomic E-state index is 0.00248. The number of hydrogen-bond acceptors (Lipinski definition) is 2. The van der Waals surface area contributed by atoms with Crippen LogP contribution in [0.2, 0.25) is 0 Å². The third-order valence-corrected chi connectivity index (χ3v) is 8.30. The second kappa shape index (κ2) is 15.8. The molecule has 0 aromatic carbocycles. The first-order chi connectivity index (χ1) is 19.6. The number of aliphatic hydroxyl groups is 1. The van der Waals surface area contributed by atoms with Crippen LogP contribution in [0.1, 0.15) is 94.9 Å². The normalized spacial score (nSPS) is 23.3. The van der Waals surface area contributed by atoms with Crippen LogP contribution in [-0.4, -0.2) is 17.0 Å². The number of hydrogen-bond donors (Lipinski definition) is 1. The molecular weight excluding hydrogens is 512 g/mol. The average molecular weight is 567 g/mol. The topological polar surface area (TPSA) is 37.3 Å². The van der Waals surface area contributed by atoms with Gasteiger partial charge in [-0.2, -0.15) is 0 Å². The predicted octanol–water partition coefficient (Wildman–Crippen LogP) is 10.8. The summed E-state index contributed by atoms with van der Waals surface area (Å²) < 4.78 is 0. The molecule has 0 saturated heterocycles. The minimum Gasteiger partial charge on any atom is -0.393 e. The number of aliphatic hydroxyl groups excluding tert-OH is 1. The Morgan fingerprint density at radius 2 is 1.14 bits per heavy atom. The fourth-order valence-electron chi connectivity index (χ4n) is 5.71. The third-order valence-electron chi connectivity index (χ3n) is 8.30. The first-order valence-electron chi connectivity index (χ1n) is 15.3. The van der Waals surface area contributed by atoms with Crippen LogP contribution >= 0.6 is 0 Å². The van der Waals surface area contributed by atoms with E-state index >= 15 is 0 Å². The van der Waals surface area contributed by atoms with Crippen LogP contribution in [0.25, 0.3) is 0 Å². The molecule has 0 spiro atoms. The summed E-state index contributed by atoms with van der Waals surface area (Å²) in [6.45, 7) is 21.4. The van der Waals surface area contributed by atoms with Crippen LogP contribution in [-0.2, 0) is 4.79 Å². The van der Waals surface area contributed by atoms with Crippen molar-refractivity contribution in [2.75, 3.05) is 0 Å². The van der Waals surface area contributed by atoms with Gasteiger partial charge >= 0.3 is 0 Å². The molecule has 0 radical (unpaired) electrons.